The number of benzene rings is 4. The summed E-state index contributed by atoms with van der Waals surface area (Å²) in [6.45, 7) is 4.52. The van der Waals surface area contributed by atoms with Crippen molar-refractivity contribution >= 4 is 40.0 Å². The number of aryl methyl sites for hydroxylation is 2. The van der Waals surface area contributed by atoms with Crippen molar-refractivity contribution in [1.29, 1.82) is 5.26 Å². The van der Waals surface area contributed by atoms with E-state index in [9.17, 15) is 10.1 Å². The second-order valence-corrected chi connectivity index (χ2v) is 8.47. The van der Waals surface area contributed by atoms with E-state index in [1.807, 2.05) is 48.5 Å². The van der Waals surface area contributed by atoms with Crippen LogP contribution < -0.4 is 10.1 Å². The van der Waals surface area contributed by atoms with Gasteiger partial charge in [-0.2, -0.15) is 5.26 Å². The quantitative estimate of drug-likeness (QED) is 0.241. The minimum Gasteiger partial charge on any atom is -0.488 e. The van der Waals surface area contributed by atoms with E-state index in [1.165, 1.54) is 11.1 Å². The zero-order valence-electron chi connectivity index (χ0n) is 18.9. The van der Waals surface area contributed by atoms with Gasteiger partial charge in [0.25, 0.3) is 5.91 Å². The summed E-state index contributed by atoms with van der Waals surface area (Å²) >= 11 is 5.92. The fourth-order valence-electron chi connectivity index (χ4n) is 3.63. The number of nitriles is 1. The first-order valence-electron chi connectivity index (χ1n) is 10.8. The Kier molecular flexibility index (Phi) is 6.96. The van der Waals surface area contributed by atoms with Crippen molar-refractivity contribution < 1.29 is 9.53 Å². The van der Waals surface area contributed by atoms with Gasteiger partial charge in [-0.3, -0.25) is 4.79 Å². The summed E-state index contributed by atoms with van der Waals surface area (Å²) in [5.74, 6) is 0.0989. The van der Waals surface area contributed by atoms with Gasteiger partial charge in [-0.25, -0.2) is 0 Å². The molecule has 4 rings (SSSR count). The molecule has 1 amide bonds. The highest BCUT2D eigenvalue weighted by Crippen LogP contribution is 2.31. The second kappa shape index (κ2) is 10.2. The Morgan fingerprint density at radius 2 is 1.76 bits per heavy atom. The number of carbonyl (C=O) groups is 1. The highest BCUT2D eigenvalue weighted by molar-refractivity contribution is 6.30. The van der Waals surface area contributed by atoms with Crippen molar-refractivity contribution in [2.75, 3.05) is 5.32 Å². The van der Waals surface area contributed by atoms with Crippen LogP contribution >= 0.6 is 11.6 Å². The minimum atomic E-state index is -0.502. The van der Waals surface area contributed by atoms with Gasteiger partial charge in [0.1, 0.15) is 24.0 Å². The molecule has 0 bridgehead atoms. The van der Waals surface area contributed by atoms with Crippen molar-refractivity contribution in [2.24, 2.45) is 0 Å². The maximum Gasteiger partial charge on any atom is 0.266 e. The molecule has 0 aliphatic heterocycles. The number of rotatable bonds is 6. The van der Waals surface area contributed by atoms with Gasteiger partial charge >= 0.3 is 0 Å². The fraction of sp³-hybridized carbons (Fsp3) is 0.103. The molecule has 4 aromatic rings. The molecule has 0 saturated carbocycles. The van der Waals surface area contributed by atoms with E-state index in [0.717, 1.165) is 16.3 Å². The Morgan fingerprint density at radius 3 is 2.50 bits per heavy atom. The van der Waals surface area contributed by atoms with Crippen LogP contribution in [0.2, 0.25) is 5.02 Å². The maximum atomic E-state index is 12.9. The van der Waals surface area contributed by atoms with E-state index in [-0.39, 0.29) is 5.57 Å². The number of nitrogens with zero attached hydrogens (tertiary/aromatic N) is 1. The number of hydrogen-bond donors (Lipinski definition) is 1. The fourth-order valence-corrected chi connectivity index (χ4v) is 3.76. The molecule has 5 heteroatoms. The molecular weight excluding hydrogens is 444 g/mol. The van der Waals surface area contributed by atoms with Crippen LogP contribution in [-0.2, 0) is 11.4 Å². The Balaban J connectivity index is 1.69. The molecule has 0 atom stereocenters. The first-order chi connectivity index (χ1) is 16.4. The number of halogens is 1. The molecule has 4 aromatic carbocycles. The number of nitrogens with one attached hydrogen (secondary N) is 1. The van der Waals surface area contributed by atoms with E-state index in [0.29, 0.717) is 28.6 Å². The van der Waals surface area contributed by atoms with Crippen molar-refractivity contribution in [3.05, 3.63) is 112 Å². The number of ether oxygens (including phenoxy) is 1. The smallest absolute Gasteiger partial charge is 0.266 e. The van der Waals surface area contributed by atoms with Crippen LogP contribution in [0.5, 0.6) is 5.75 Å². The molecule has 0 saturated heterocycles. The van der Waals surface area contributed by atoms with Crippen LogP contribution in [-0.4, -0.2) is 5.91 Å². The van der Waals surface area contributed by atoms with Crippen LogP contribution in [0, 0.1) is 25.2 Å². The van der Waals surface area contributed by atoms with Gasteiger partial charge in [-0.1, -0.05) is 60.1 Å². The third kappa shape index (κ3) is 5.28. The molecule has 0 unspecified atom stereocenters. The summed E-state index contributed by atoms with van der Waals surface area (Å²) in [7, 11) is 0. The molecule has 0 aromatic heterocycles. The summed E-state index contributed by atoms with van der Waals surface area (Å²) in [4.78, 5) is 12.9. The highest BCUT2D eigenvalue weighted by atomic mass is 35.5. The first kappa shape index (κ1) is 23.1. The minimum absolute atomic E-state index is 0.0256. The van der Waals surface area contributed by atoms with Crippen LogP contribution in [0.25, 0.3) is 16.8 Å². The average molecular weight is 467 g/mol. The van der Waals surface area contributed by atoms with Gasteiger partial charge in [0, 0.05) is 16.3 Å². The van der Waals surface area contributed by atoms with E-state index in [4.69, 9.17) is 16.3 Å². The summed E-state index contributed by atoms with van der Waals surface area (Å²) in [5, 5.41) is 15.0. The first-order valence-corrected chi connectivity index (χ1v) is 11.2. The van der Waals surface area contributed by atoms with Crippen LogP contribution in [0.1, 0.15) is 22.3 Å². The third-order valence-electron chi connectivity index (χ3n) is 5.65. The lowest BCUT2D eigenvalue weighted by atomic mass is 10.0. The predicted octanol–water partition coefficient (Wildman–Crippen LogP) is 7.23. The van der Waals surface area contributed by atoms with E-state index in [1.54, 1.807) is 30.3 Å². The summed E-state index contributed by atoms with van der Waals surface area (Å²) in [6, 6.07) is 26.6. The zero-order chi connectivity index (χ0) is 24.1. The molecule has 4 nitrogen and oxygen atoms in total. The molecule has 0 spiro atoms. The van der Waals surface area contributed by atoms with Gasteiger partial charge in [0.2, 0.25) is 0 Å². The Hall–Kier alpha value is -4.07. The summed E-state index contributed by atoms with van der Waals surface area (Å²) < 4.78 is 6.18. The predicted molar refractivity (Wildman–Crippen MR) is 138 cm³/mol. The maximum absolute atomic E-state index is 12.9. The van der Waals surface area contributed by atoms with Gasteiger partial charge < -0.3 is 10.1 Å². The number of carbonyl (C=O) groups excluding carboxylic acids is 1. The molecule has 1 N–H and O–H groups in total. The average Bonchev–Trinajstić information content (AvgIpc) is 2.85. The monoisotopic (exact) mass is 466 g/mol. The standard InChI is InChI=1S/C29H23ClN2O2/c1-19-7-8-21(15-20(19)2)18-34-28-14-9-22-5-3-4-6-26(22)27(28)16-23(17-31)29(33)32-25-12-10-24(30)11-13-25/h3-16H,18H2,1-2H3,(H,32,33)/b23-16+. The summed E-state index contributed by atoms with van der Waals surface area (Å²) in [5.41, 5.74) is 4.69. The molecular formula is C29H23ClN2O2. The Bertz CT molecular complexity index is 1430. The van der Waals surface area contributed by atoms with Gasteiger partial charge in [-0.05, 0) is 77.7 Å². The Labute approximate surface area is 204 Å². The van der Waals surface area contributed by atoms with Crippen LogP contribution in [0.15, 0.2) is 84.4 Å². The normalized spacial score (nSPS) is 11.2. The number of hydrogen-bond acceptors (Lipinski definition) is 3. The van der Waals surface area contributed by atoms with Crippen molar-refractivity contribution in [3.63, 3.8) is 0 Å². The van der Waals surface area contributed by atoms with E-state index in [2.05, 4.69) is 31.3 Å². The van der Waals surface area contributed by atoms with Crippen molar-refractivity contribution in [2.45, 2.75) is 20.5 Å². The van der Waals surface area contributed by atoms with Crippen LogP contribution in [0.3, 0.4) is 0 Å². The molecule has 0 heterocycles. The third-order valence-corrected chi connectivity index (χ3v) is 5.90. The largest absolute Gasteiger partial charge is 0.488 e. The Morgan fingerprint density at radius 1 is 1.00 bits per heavy atom. The molecule has 0 aliphatic carbocycles. The summed E-state index contributed by atoms with van der Waals surface area (Å²) in [6.07, 6.45) is 1.59. The van der Waals surface area contributed by atoms with Gasteiger partial charge in [-0.15, -0.1) is 0 Å². The van der Waals surface area contributed by atoms with Crippen molar-refractivity contribution in [3.8, 4) is 11.8 Å². The highest BCUT2D eigenvalue weighted by Gasteiger charge is 2.14. The molecule has 0 aliphatic rings. The molecule has 0 fully saturated rings. The number of anilines is 1. The zero-order valence-corrected chi connectivity index (χ0v) is 19.7. The van der Waals surface area contributed by atoms with Crippen molar-refractivity contribution in [1.82, 2.24) is 0 Å². The lowest BCUT2D eigenvalue weighted by molar-refractivity contribution is -0.112. The molecule has 0 radical (unpaired) electrons. The van der Waals surface area contributed by atoms with Gasteiger partial charge in [0.05, 0.1) is 0 Å². The SMILES string of the molecule is Cc1ccc(COc2ccc3ccccc3c2/C=C(\C#N)C(=O)Nc2ccc(Cl)cc2)cc1C. The van der Waals surface area contributed by atoms with Crippen LogP contribution in [0.4, 0.5) is 5.69 Å². The van der Waals surface area contributed by atoms with E-state index >= 15 is 0 Å². The molecule has 34 heavy (non-hydrogen) atoms. The number of amides is 1. The second-order valence-electron chi connectivity index (χ2n) is 8.04. The lowest BCUT2D eigenvalue weighted by Gasteiger charge is -2.13. The topological polar surface area (TPSA) is 62.1 Å². The van der Waals surface area contributed by atoms with Gasteiger partial charge in [0.15, 0.2) is 0 Å². The van der Waals surface area contributed by atoms with E-state index < -0.39 is 5.91 Å². The number of fused-ring (bicyclic) bond motifs is 1. The molecule has 168 valence electrons. The lowest BCUT2D eigenvalue weighted by Crippen LogP contribution is -2.13.